The standard InChI is InChI=1S/C7H16N2O/c1-2-5-9-6-7(10)3-4-8/h2,7,9-10H,1,3-6,8H2. The summed E-state index contributed by atoms with van der Waals surface area (Å²) in [5, 5.41) is 12.1. The van der Waals surface area contributed by atoms with Crippen LogP contribution in [0.4, 0.5) is 0 Å². The molecule has 0 aromatic carbocycles. The maximum absolute atomic E-state index is 9.10. The third kappa shape index (κ3) is 5.75. The van der Waals surface area contributed by atoms with Crippen molar-refractivity contribution in [1.29, 1.82) is 0 Å². The van der Waals surface area contributed by atoms with Crippen LogP contribution >= 0.6 is 0 Å². The van der Waals surface area contributed by atoms with Crippen LogP contribution in [0.5, 0.6) is 0 Å². The van der Waals surface area contributed by atoms with Gasteiger partial charge in [0.25, 0.3) is 0 Å². The molecular formula is C7H16N2O. The predicted octanol–water partition coefficient (Wildman–Crippen LogP) is -0.528. The highest BCUT2D eigenvalue weighted by Crippen LogP contribution is 1.84. The Balaban J connectivity index is 3.04. The van der Waals surface area contributed by atoms with Gasteiger partial charge in [0.15, 0.2) is 0 Å². The zero-order valence-electron chi connectivity index (χ0n) is 6.21. The lowest BCUT2D eigenvalue weighted by Crippen LogP contribution is -2.28. The average Bonchev–Trinajstić information content (AvgIpc) is 1.89. The van der Waals surface area contributed by atoms with Crippen molar-refractivity contribution < 1.29 is 5.11 Å². The van der Waals surface area contributed by atoms with Crippen molar-refractivity contribution in [3.63, 3.8) is 0 Å². The van der Waals surface area contributed by atoms with Crippen LogP contribution in [-0.4, -0.2) is 30.8 Å². The molecule has 0 rings (SSSR count). The van der Waals surface area contributed by atoms with Crippen LogP contribution in [0.1, 0.15) is 6.42 Å². The quantitative estimate of drug-likeness (QED) is 0.347. The third-order valence-electron chi connectivity index (χ3n) is 1.17. The average molecular weight is 144 g/mol. The first-order valence-corrected chi connectivity index (χ1v) is 3.51. The molecule has 0 amide bonds. The predicted molar refractivity (Wildman–Crippen MR) is 42.7 cm³/mol. The second-order valence-electron chi connectivity index (χ2n) is 2.18. The second kappa shape index (κ2) is 6.74. The van der Waals surface area contributed by atoms with Crippen molar-refractivity contribution in [1.82, 2.24) is 5.32 Å². The van der Waals surface area contributed by atoms with Crippen LogP contribution in [0.15, 0.2) is 12.7 Å². The van der Waals surface area contributed by atoms with Gasteiger partial charge >= 0.3 is 0 Å². The van der Waals surface area contributed by atoms with Crippen LogP contribution in [-0.2, 0) is 0 Å². The van der Waals surface area contributed by atoms with Gasteiger partial charge in [-0.25, -0.2) is 0 Å². The van der Waals surface area contributed by atoms with Gasteiger partial charge in [0, 0.05) is 13.1 Å². The Bertz CT molecular complexity index is 85.7. The zero-order valence-corrected chi connectivity index (χ0v) is 6.21. The third-order valence-corrected chi connectivity index (χ3v) is 1.17. The highest BCUT2D eigenvalue weighted by molar-refractivity contribution is 4.71. The minimum atomic E-state index is -0.315. The minimum absolute atomic E-state index is 0.315. The van der Waals surface area contributed by atoms with E-state index in [0.29, 0.717) is 19.5 Å². The largest absolute Gasteiger partial charge is 0.392 e. The van der Waals surface area contributed by atoms with E-state index in [1.807, 2.05) is 0 Å². The summed E-state index contributed by atoms with van der Waals surface area (Å²) >= 11 is 0. The molecule has 0 aliphatic carbocycles. The molecule has 1 unspecified atom stereocenters. The number of aliphatic hydroxyl groups excluding tert-OH is 1. The fraction of sp³-hybridized carbons (Fsp3) is 0.714. The van der Waals surface area contributed by atoms with E-state index in [-0.39, 0.29) is 6.10 Å². The number of nitrogens with two attached hydrogens (primary N) is 1. The van der Waals surface area contributed by atoms with Gasteiger partial charge in [-0.1, -0.05) is 6.08 Å². The van der Waals surface area contributed by atoms with Crippen molar-refractivity contribution >= 4 is 0 Å². The van der Waals surface area contributed by atoms with Gasteiger partial charge in [-0.15, -0.1) is 6.58 Å². The first-order chi connectivity index (χ1) is 4.81. The SMILES string of the molecule is C=CCNCC(O)CCN. The number of hydrogen-bond acceptors (Lipinski definition) is 3. The van der Waals surface area contributed by atoms with Crippen molar-refractivity contribution in [3.8, 4) is 0 Å². The Morgan fingerprint density at radius 3 is 2.90 bits per heavy atom. The number of nitrogens with one attached hydrogen (secondary N) is 1. The van der Waals surface area contributed by atoms with Crippen LogP contribution in [0.25, 0.3) is 0 Å². The maximum Gasteiger partial charge on any atom is 0.0676 e. The lowest BCUT2D eigenvalue weighted by Gasteiger charge is -2.08. The summed E-state index contributed by atoms with van der Waals surface area (Å²) in [7, 11) is 0. The van der Waals surface area contributed by atoms with Gasteiger partial charge in [-0.2, -0.15) is 0 Å². The Labute approximate surface area is 61.9 Å². The highest BCUT2D eigenvalue weighted by atomic mass is 16.3. The zero-order chi connectivity index (χ0) is 7.82. The molecular weight excluding hydrogens is 128 g/mol. The van der Waals surface area contributed by atoms with Crippen molar-refractivity contribution in [3.05, 3.63) is 12.7 Å². The number of aliphatic hydroxyl groups is 1. The molecule has 3 heteroatoms. The Morgan fingerprint density at radius 2 is 2.40 bits per heavy atom. The second-order valence-corrected chi connectivity index (χ2v) is 2.18. The summed E-state index contributed by atoms with van der Waals surface area (Å²) in [4.78, 5) is 0. The summed E-state index contributed by atoms with van der Waals surface area (Å²) in [6.45, 7) is 5.41. The molecule has 0 fully saturated rings. The topological polar surface area (TPSA) is 58.3 Å². The normalized spacial score (nSPS) is 13.0. The van der Waals surface area contributed by atoms with E-state index < -0.39 is 0 Å². The molecule has 10 heavy (non-hydrogen) atoms. The molecule has 1 atom stereocenters. The molecule has 0 saturated heterocycles. The van der Waals surface area contributed by atoms with E-state index in [4.69, 9.17) is 10.8 Å². The van der Waals surface area contributed by atoms with E-state index in [0.717, 1.165) is 6.54 Å². The van der Waals surface area contributed by atoms with Gasteiger partial charge < -0.3 is 16.2 Å². The molecule has 0 aliphatic heterocycles. The van der Waals surface area contributed by atoms with Crippen molar-refractivity contribution in [2.24, 2.45) is 5.73 Å². The molecule has 0 aliphatic rings. The van der Waals surface area contributed by atoms with Gasteiger partial charge in [0.2, 0.25) is 0 Å². The monoisotopic (exact) mass is 144 g/mol. The van der Waals surface area contributed by atoms with Crippen LogP contribution in [0, 0.1) is 0 Å². The number of rotatable bonds is 6. The van der Waals surface area contributed by atoms with Crippen molar-refractivity contribution in [2.45, 2.75) is 12.5 Å². The lowest BCUT2D eigenvalue weighted by atomic mass is 10.2. The van der Waals surface area contributed by atoms with Gasteiger partial charge in [-0.3, -0.25) is 0 Å². The number of hydrogen-bond donors (Lipinski definition) is 3. The molecule has 60 valence electrons. The Kier molecular flexibility index (Phi) is 6.48. The van der Waals surface area contributed by atoms with E-state index in [1.165, 1.54) is 0 Å². The van der Waals surface area contributed by atoms with E-state index in [1.54, 1.807) is 6.08 Å². The molecule has 0 saturated carbocycles. The summed E-state index contributed by atoms with van der Waals surface area (Å²) in [6, 6.07) is 0. The maximum atomic E-state index is 9.10. The summed E-state index contributed by atoms with van der Waals surface area (Å²) < 4.78 is 0. The highest BCUT2D eigenvalue weighted by Gasteiger charge is 1.99. The summed E-state index contributed by atoms with van der Waals surface area (Å²) in [5.41, 5.74) is 5.23. The molecule has 0 heterocycles. The van der Waals surface area contributed by atoms with Gasteiger partial charge in [0.1, 0.15) is 0 Å². The molecule has 0 aromatic heterocycles. The molecule has 3 nitrogen and oxygen atoms in total. The van der Waals surface area contributed by atoms with Gasteiger partial charge in [0.05, 0.1) is 6.10 Å². The first-order valence-electron chi connectivity index (χ1n) is 3.51. The van der Waals surface area contributed by atoms with E-state index in [9.17, 15) is 0 Å². The van der Waals surface area contributed by atoms with Crippen LogP contribution in [0.3, 0.4) is 0 Å². The minimum Gasteiger partial charge on any atom is -0.392 e. The first kappa shape index (κ1) is 9.62. The molecule has 0 aromatic rings. The van der Waals surface area contributed by atoms with E-state index >= 15 is 0 Å². The van der Waals surface area contributed by atoms with Crippen LogP contribution in [0.2, 0.25) is 0 Å². The molecule has 0 radical (unpaired) electrons. The molecule has 0 spiro atoms. The lowest BCUT2D eigenvalue weighted by molar-refractivity contribution is 0.166. The Hall–Kier alpha value is -0.380. The summed E-state index contributed by atoms with van der Waals surface area (Å²) in [6.07, 6.45) is 2.10. The Morgan fingerprint density at radius 1 is 1.70 bits per heavy atom. The van der Waals surface area contributed by atoms with Crippen LogP contribution < -0.4 is 11.1 Å². The smallest absolute Gasteiger partial charge is 0.0676 e. The van der Waals surface area contributed by atoms with Gasteiger partial charge in [-0.05, 0) is 13.0 Å². The van der Waals surface area contributed by atoms with E-state index in [2.05, 4.69) is 11.9 Å². The fourth-order valence-corrected chi connectivity index (χ4v) is 0.646. The fourth-order valence-electron chi connectivity index (χ4n) is 0.646. The summed E-state index contributed by atoms with van der Waals surface area (Å²) in [5.74, 6) is 0. The molecule has 0 bridgehead atoms. The van der Waals surface area contributed by atoms with Crippen molar-refractivity contribution in [2.75, 3.05) is 19.6 Å². The molecule has 4 N–H and O–H groups in total.